The Hall–Kier alpha value is -2.14. The average Bonchev–Trinajstić information content (AvgIpc) is 3.35. The van der Waals surface area contributed by atoms with Gasteiger partial charge >= 0.3 is 0 Å². The summed E-state index contributed by atoms with van der Waals surface area (Å²) >= 11 is 0. The summed E-state index contributed by atoms with van der Waals surface area (Å²) in [4.78, 5) is 21.5. The van der Waals surface area contributed by atoms with Gasteiger partial charge in [-0.15, -0.1) is 0 Å². The number of aromatic nitrogens is 2. The van der Waals surface area contributed by atoms with Gasteiger partial charge < -0.3 is 9.47 Å². The van der Waals surface area contributed by atoms with E-state index < -0.39 is 0 Å². The molecule has 5 heteroatoms. The van der Waals surface area contributed by atoms with E-state index in [1.807, 2.05) is 35.8 Å². The minimum absolute atomic E-state index is 0.173. The van der Waals surface area contributed by atoms with Crippen molar-refractivity contribution in [1.82, 2.24) is 19.4 Å². The molecule has 1 aromatic carbocycles. The first kappa shape index (κ1) is 16.3. The Bertz CT molecular complexity index is 698. The Labute approximate surface area is 149 Å². The van der Waals surface area contributed by atoms with Crippen LogP contribution in [-0.2, 0) is 6.54 Å². The topological polar surface area (TPSA) is 41.4 Å². The number of amides is 1. The fourth-order valence-electron chi connectivity index (χ4n) is 4.04. The highest BCUT2D eigenvalue weighted by atomic mass is 16.2. The second-order valence-electron chi connectivity index (χ2n) is 7.22. The minimum atomic E-state index is 0.173. The monoisotopic (exact) mass is 338 g/mol. The van der Waals surface area contributed by atoms with Gasteiger partial charge in [-0.25, -0.2) is 4.98 Å². The van der Waals surface area contributed by atoms with Crippen LogP contribution in [0, 0.1) is 0 Å². The quantitative estimate of drug-likeness (QED) is 0.861. The first-order valence-electron chi connectivity index (χ1n) is 9.37. The van der Waals surface area contributed by atoms with E-state index >= 15 is 0 Å². The normalized spacial score (nSPS) is 19.4. The van der Waals surface area contributed by atoms with Crippen LogP contribution in [0.1, 0.15) is 47.6 Å². The molecular weight excluding hydrogens is 312 g/mol. The zero-order valence-corrected chi connectivity index (χ0v) is 14.7. The minimum Gasteiger partial charge on any atom is -0.338 e. The summed E-state index contributed by atoms with van der Waals surface area (Å²) in [5.41, 5.74) is 2.08. The molecule has 2 aliphatic rings. The smallest absolute Gasteiger partial charge is 0.253 e. The number of hydrogen-bond acceptors (Lipinski definition) is 3. The van der Waals surface area contributed by atoms with Crippen molar-refractivity contribution in [2.45, 2.75) is 38.3 Å². The van der Waals surface area contributed by atoms with E-state index in [9.17, 15) is 4.79 Å². The van der Waals surface area contributed by atoms with Gasteiger partial charge in [-0.1, -0.05) is 12.1 Å². The molecule has 0 atom stereocenters. The molecule has 5 nitrogen and oxygen atoms in total. The number of benzene rings is 1. The maximum atomic E-state index is 12.9. The fraction of sp³-hybridized carbons (Fsp3) is 0.500. The molecule has 0 unspecified atom stereocenters. The van der Waals surface area contributed by atoms with Crippen LogP contribution in [0.5, 0.6) is 0 Å². The third kappa shape index (κ3) is 3.76. The van der Waals surface area contributed by atoms with Crippen molar-refractivity contribution in [3.05, 3.63) is 54.1 Å². The Morgan fingerprint density at radius 3 is 2.64 bits per heavy atom. The first-order valence-corrected chi connectivity index (χ1v) is 9.37. The number of carbonyl (C=O) groups excluding carboxylic acids is 1. The van der Waals surface area contributed by atoms with Crippen molar-refractivity contribution < 1.29 is 4.79 Å². The van der Waals surface area contributed by atoms with Crippen molar-refractivity contribution in [3.8, 4) is 0 Å². The molecule has 4 rings (SSSR count). The largest absolute Gasteiger partial charge is 0.338 e. The van der Waals surface area contributed by atoms with Crippen LogP contribution in [0.15, 0.2) is 43.0 Å². The van der Waals surface area contributed by atoms with Crippen LogP contribution >= 0.6 is 0 Å². The van der Waals surface area contributed by atoms with Gasteiger partial charge in [-0.05, 0) is 56.5 Å². The lowest BCUT2D eigenvalue weighted by atomic mass is 10.0. The lowest BCUT2D eigenvalue weighted by molar-refractivity contribution is 0.0694. The molecule has 0 spiro atoms. The van der Waals surface area contributed by atoms with E-state index in [2.05, 4.69) is 26.6 Å². The number of carbonyl (C=O) groups is 1. The van der Waals surface area contributed by atoms with Crippen molar-refractivity contribution in [1.29, 1.82) is 0 Å². The third-order valence-corrected chi connectivity index (χ3v) is 5.48. The summed E-state index contributed by atoms with van der Waals surface area (Å²) in [6.45, 7) is 4.96. The highest BCUT2D eigenvalue weighted by molar-refractivity contribution is 5.94. The maximum Gasteiger partial charge on any atom is 0.253 e. The molecule has 2 aliphatic heterocycles. The molecule has 132 valence electrons. The van der Waals surface area contributed by atoms with Crippen LogP contribution in [0.3, 0.4) is 0 Å². The van der Waals surface area contributed by atoms with Gasteiger partial charge in [0.05, 0.1) is 6.33 Å². The fourth-order valence-corrected chi connectivity index (χ4v) is 4.04. The summed E-state index contributed by atoms with van der Waals surface area (Å²) in [5, 5.41) is 0. The van der Waals surface area contributed by atoms with Crippen molar-refractivity contribution in [3.63, 3.8) is 0 Å². The van der Waals surface area contributed by atoms with E-state index in [0.29, 0.717) is 6.04 Å². The maximum absolute atomic E-state index is 12.9. The average molecular weight is 338 g/mol. The molecular formula is C20H26N4O. The van der Waals surface area contributed by atoms with Crippen LogP contribution in [0.4, 0.5) is 0 Å². The molecule has 0 radical (unpaired) electrons. The van der Waals surface area contributed by atoms with Gasteiger partial charge in [-0.3, -0.25) is 9.69 Å². The lowest BCUT2D eigenvalue weighted by Gasteiger charge is -2.32. The van der Waals surface area contributed by atoms with E-state index in [0.717, 1.165) is 38.0 Å². The summed E-state index contributed by atoms with van der Waals surface area (Å²) in [6.07, 6.45) is 10.3. The molecule has 0 bridgehead atoms. The molecule has 2 aromatic rings. The molecule has 1 amide bonds. The number of hydrogen-bond donors (Lipinski definition) is 0. The predicted molar refractivity (Wildman–Crippen MR) is 97.4 cm³/mol. The molecule has 25 heavy (non-hydrogen) atoms. The second kappa shape index (κ2) is 7.40. The van der Waals surface area contributed by atoms with Gasteiger partial charge in [0.25, 0.3) is 5.91 Å². The Morgan fingerprint density at radius 1 is 1.12 bits per heavy atom. The number of piperidine rings is 1. The van der Waals surface area contributed by atoms with Crippen molar-refractivity contribution in [2.24, 2.45) is 0 Å². The van der Waals surface area contributed by atoms with Crippen molar-refractivity contribution in [2.75, 3.05) is 26.2 Å². The van der Waals surface area contributed by atoms with Gasteiger partial charge in [0.15, 0.2) is 0 Å². The van der Waals surface area contributed by atoms with Crippen molar-refractivity contribution >= 4 is 5.91 Å². The van der Waals surface area contributed by atoms with E-state index in [1.54, 1.807) is 0 Å². The number of rotatable bonds is 4. The number of imidazole rings is 1. The lowest BCUT2D eigenvalue weighted by Crippen LogP contribution is -2.39. The third-order valence-electron chi connectivity index (χ3n) is 5.48. The van der Waals surface area contributed by atoms with Gasteiger partial charge in [0.2, 0.25) is 0 Å². The highest BCUT2D eigenvalue weighted by Crippen LogP contribution is 2.23. The summed E-state index contributed by atoms with van der Waals surface area (Å²) in [6, 6.07) is 8.67. The van der Waals surface area contributed by atoms with E-state index in [1.165, 1.54) is 31.5 Å². The van der Waals surface area contributed by atoms with Gasteiger partial charge in [0.1, 0.15) is 0 Å². The van der Waals surface area contributed by atoms with Crippen LogP contribution in [0.25, 0.3) is 0 Å². The molecule has 0 saturated carbocycles. The Balaban J connectivity index is 1.37. The van der Waals surface area contributed by atoms with Crippen LogP contribution < -0.4 is 0 Å². The van der Waals surface area contributed by atoms with E-state index in [4.69, 9.17) is 0 Å². The Morgan fingerprint density at radius 2 is 1.92 bits per heavy atom. The molecule has 3 heterocycles. The van der Waals surface area contributed by atoms with Crippen LogP contribution in [0.2, 0.25) is 0 Å². The molecule has 0 aliphatic carbocycles. The Kier molecular flexibility index (Phi) is 4.83. The second-order valence-corrected chi connectivity index (χ2v) is 7.22. The standard InChI is InChI=1S/C20H26N4O/c25-20(23-11-6-19(7-12-23)24-13-8-21-16-24)18-5-3-4-17(14-18)15-22-9-1-2-10-22/h3-5,8,13-14,16,19H,1-2,6-7,9-12,15H2. The number of likely N-dealkylation sites (tertiary alicyclic amines) is 2. The zero-order chi connectivity index (χ0) is 17.1. The zero-order valence-electron chi connectivity index (χ0n) is 14.7. The highest BCUT2D eigenvalue weighted by Gasteiger charge is 2.24. The summed E-state index contributed by atoms with van der Waals surface area (Å²) in [7, 11) is 0. The number of nitrogens with zero attached hydrogens (tertiary/aromatic N) is 4. The molecule has 0 N–H and O–H groups in total. The summed E-state index contributed by atoms with van der Waals surface area (Å²) < 4.78 is 2.17. The molecule has 2 fully saturated rings. The summed E-state index contributed by atoms with van der Waals surface area (Å²) in [5.74, 6) is 0.173. The van der Waals surface area contributed by atoms with E-state index in [-0.39, 0.29) is 5.91 Å². The SMILES string of the molecule is O=C(c1cccc(CN2CCCC2)c1)N1CCC(n2ccnc2)CC1. The molecule has 2 saturated heterocycles. The molecule has 1 aromatic heterocycles. The van der Waals surface area contributed by atoms with Gasteiger partial charge in [0, 0.05) is 43.6 Å². The first-order chi connectivity index (χ1) is 12.3. The predicted octanol–water partition coefficient (Wildman–Crippen LogP) is 2.96. The van der Waals surface area contributed by atoms with Crippen LogP contribution in [-0.4, -0.2) is 51.4 Å². The van der Waals surface area contributed by atoms with Gasteiger partial charge in [-0.2, -0.15) is 0 Å².